The van der Waals surface area contributed by atoms with Gasteiger partial charge in [-0.25, -0.2) is 0 Å². The van der Waals surface area contributed by atoms with Crippen LogP contribution in [-0.2, 0) is 17.8 Å². The van der Waals surface area contributed by atoms with E-state index in [0.717, 1.165) is 22.0 Å². The normalized spacial score (nSPS) is 10.9. The Morgan fingerprint density at radius 1 is 1.47 bits per heavy atom. The summed E-state index contributed by atoms with van der Waals surface area (Å²) < 4.78 is 2.03. The van der Waals surface area contributed by atoms with Crippen LogP contribution >= 0.6 is 0 Å². The second kappa shape index (κ2) is 4.59. The van der Waals surface area contributed by atoms with E-state index < -0.39 is 5.97 Å². The van der Waals surface area contributed by atoms with Crippen LogP contribution in [0.25, 0.3) is 10.9 Å². The number of fused-ring (bicyclic) bond motifs is 1. The molecule has 2 rings (SSSR count). The molecule has 17 heavy (non-hydrogen) atoms. The molecule has 3 N–H and O–H groups in total. The molecule has 1 aromatic heterocycles. The smallest absolute Gasteiger partial charge is 0.307 e. The molecule has 4 nitrogen and oxygen atoms in total. The Bertz CT molecular complexity index is 558. The number of carboxylic acid groups (broad SMARTS) is 1. The third-order valence-electron chi connectivity index (χ3n) is 2.83. The van der Waals surface area contributed by atoms with E-state index in [0.29, 0.717) is 13.1 Å². The molecule has 1 aromatic carbocycles. The second-order valence-corrected chi connectivity index (χ2v) is 4.23. The fraction of sp³-hybridized carbons (Fsp3) is 0.308. The maximum absolute atomic E-state index is 10.8. The van der Waals surface area contributed by atoms with Crippen molar-refractivity contribution in [3.63, 3.8) is 0 Å². The second-order valence-electron chi connectivity index (χ2n) is 4.23. The summed E-state index contributed by atoms with van der Waals surface area (Å²) in [6, 6.07) is 6.05. The first-order valence-electron chi connectivity index (χ1n) is 5.62. The Hall–Kier alpha value is -1.81. The minimum atomic E-state index is -0.808. The van der Waals surface area contributed by atoms with Crippen LogP contribution in [0, 0.1) is 6.92 Å². The number of aryl methyl sites for hydroxylation is 1. The average molecular weight is 232 g/mol. The van der Waals surface area contributed by atoms with Gasteiger partial charge in [0.25, 0.3) is 0 Å². The molecular formula is C13H16N2O2. The van der Waals surface area contributed by atoms with Gasteiger partial charge in [0.1, 0.15) is 0 Å². The average Bonchev–Trinajstić information content (AvgIpc) is 2.56. The molecule has 0 amide bonds. The number of carbonyl (C=O) groups is 1. The standard InChI is InChI=1S/C13H16N2O2/c1-9-2-3-11-10(7-13(16)17)8-15(5-4-14)12(11)6-9/h2-3,6,8H,4-5,7,14H2,1H3,(H,16,17). The van der Waals surface area contributed by atoms with E-state index in [9.17, 15) is 4.79 Å². The SMILES string of the molecule is Cc1ccc2c(CC(=O)O)cn(CCN)c2c1. The highest BCUT2D eigenvalue weighted by Gasteiger charge is 2.10. The van der Waals surface area contributed by atoms with Gasteiger partial charge >= 0.3 is 5.97 Å². The molecule has 2 aromatic rings. The van der Waals surface area contributed by atoms with Crippen LogP contribution in [-0.4, -0.2) is 22.2 Å². The fourth-order valence-electron chi connectivity index (χ4n) is 2.11. The van der Waals surface area contributed by atoms with Crippen molar-refractivity contribution in [3.05, 3.63) is 35.5 Å². The quantitative estimate of drug-likeness (QED) is 0.840. The number of hydrogen-bond donors (Lipinski definition) is 2. The number of benzene rings is 1. The molecule has 0 spiro atoms. The lowest BCUT2D eigenvalue weighted by atomic mass is 10.1. The van der Waals surface area contributed by atoms with E-state index in [-0.39, 0.29) is 6.42 Å². The Kier molecular flexibility index (Phi) is 3.15. The zero-order valence-electron chi connectivity index (χ0n) is 9.81. The molecule has 0 aliphatic rings. The van der Waals surface area contributed by atoms with Crippen LogP contribution in [0.1, 0.15) is 11.1 Å². The molecule has 0 aliphatic heterocycles. The minimum absolute atomic E-state index is 0.0527. The van der Waals surface area contributed by atoms with Gasteiger partial charge in [-0.3, -0.25) is 4.79 Å². The van der Waals surface area contributed by atoms with Crippen molar-refractivity contribution in [2.75, 3.05) is 6.54 Å². The molecule has 0 fully saturated rings. The third kappa shape index (κ3) is 2.31. The summed E-state index contributed by atoms with van der Waals surface area (Å²) in [5.41, 5.74) is 8.64. The van der Waals surface area contributed by atoms with Crippen molar-refractivity contribution >= 4 is 16.9 Å². The summed E-state index contributed by atoms with van der Waals surface area (Å²) in [6.07, 6.45) is 1.95. The highest BCUT2D eigenvalue weighted by molar-refractivity contribution is 5.88. The van der Waals surface area contributed by atoms with Crippen LogP contribution in [0.15, 0.2) is 24.4 Å². The Morgan fingerprint density at radius 3 is 2.88 bits per heavy atom. The molecule has 0 radical (unpaired) electrons. The summed E-state index contributed by atoms with van der Waals surface area (Å²) in [7, 11) is 0. The first-order chi connectivity index (χ1) is 8.11. The molecule has 0 bridgehead atoms. The Balaban J connectivity index is 2.57. The first-order valence-corrected chi connectivity index (χ1v) is 5.62. The number of rotatable bonds is 4. The number of aliphatic carboxylic acids is 1. The van der Waals surface area contributed by atoms with Crippen LogP contribution in [0.2, 0.25) is 0 Å². The van der Waals surface area contributed by atoms with E-state index in [1.165, 1.54) is 0 Å². The lowest BCUT2D eigenvalue weighted by molar-refractivity contribution is -0.136. The molecule has 1 heterocycles. The predicted molar refractivity (Wildman–Crippen MR) is 67.1 cm³/mol. The van der Waals surface area contributed by atoms with Crippen LogP contribution in [0.4, 0.5) is 0 Å². The van der Waals surface area contributed by atoms with Crippen LogP contribution < -0.4 is 5.73 Å². The topological polar surface area (TPSA) is 68.2 Å². The van der Waals surface area contributed by atoms with Crippen LogP contribution in [0.3, 0.4) is 0 Å². The molecule has 4 heteroatoms. The number of nitrogens with two attached hydrogens (primary N) is 1. The molecule has 0 saturated carbocycles. The fourth-order valence-corrected chi connectivity index (χ4v) is 2.11. The summed E-state index contributed by atoms with van der Waals surface area (Å²) in [5.74, 6) is -0.808. The van der Waals surface area contributed by atoms with Gasteiger partial charge in [0.15, 0.2) is 0 Å². The summed E-state index contributed by atoms with van der Waals surface area (Å²) >= 11 is 0. The zero-order valence-corrected chi connectivity index (χ0v) is 9.81. The minimum Gasteiger partial charge on any atom is -0.481 e. The van der Waals surface area contributed by atoms with E-state index in [2.05, 4.69) is 6.07 Å². The number of hydrogen-bond acceptors (Lipinski definition) is 2. The highest BCUT2D eigenvalue weighted by atomic mass is 16.4. The van der Waals surface area contributed by atoms with Crippen molar-refractivity contribution in [2.24, 2.45) is 5.73 Å². The highest BCUT2D eigenvalue weighted by Crippen LogP contribution is 2.23. The van der Waals surface area contributed by atoms with E-state index in [4.69, 9.17) is 10.8 Å². The van der Waals surface area contributed by atoms with Gasteiger partial charge in [0.2, 0.25) is 0 Å². The molecule has 0 unspecified atom stereocenters. The van der Waals surface area contributed by atoms with Crippen molar-refractivity contribution in [2.45, 2.75) is 19.9 Å². The van der Waals surface area contributed by atoms with E-state index >= 15 is 0 Å². The van der Waals surface area contributed by atoms with Gasteiger partial charge in [-0.05, 0) is 24.1 Å². The zero-order chi connectivity index (χ0) is 12.4. The van der Waals surface area contributed by atoms with E-state index in [1.54, 1.807) is 0 Å². The summed E-state index contributed by atoms with van der Waals surface area (Å²) in [4.78, 5) is 10.8. The summed E-state index contributed by atoms with van der Waals surface area (Å²) in [6.45, 7) is 3.28. The predicted octanol–water partition coefficient (Wildman–Crippen LogP) is 1.54. The number of carboxylic acids is 1. The Labute approximate surface area is 99.7 Å². The third-order valence-corrected chi connectivity index (χ3v) is 2.83. The van der Waals surface area contributed by atoms with Gasteiger partial charge in [-0.2, -0.15) is 0 Å². The number of aromatic nitrogens is 1. The van der Waals surface area contributed by atoms with Crippen LogP contribution in [0.5, 0.6) is 0 Å². The van der Waals surface area contributed by atoms with Crippen molar-refractivity contribution in [1.82, 2.24) is 4.57 Å². The number of nitrogens with zero attached hydrogens (tertiary/aromatic N) is 1. The maximum Gasteiger partial charge on any atom is 0.307 e. The van der Waals surface area contributed by atoms with Gasteiger partial charge in [0, 0.05) is 30.2 Å². The molecule has 0 aliphatic carbocycles. The lowest BCUT2D eigenvalue weighted by Crippen LogP contribution is -2.08. The molecular weight excluding hydrogens is 216 g/mol. The maximum atomic E-state index is 10.8. The van der Waals surface area contributed by atoms with E-state index in [1.807, 2.05) is 29.8 Å². The van der Waals surface area contributed by atoms with Crippen molar-refractivity contribution in [3.8, 4) is 0 Å². The van der Waals surface area contributed by atoms with Gasteiger partial charge < -0.3 is 15.4 Å². The molecule has 0 atom stereocenters. The van der Waals surface area contributed by atoms with Crippen molar-refractivity contribution in [1.29, 1.82) is 0 Å². The van der Waals surface area contributed by atoms with Crippen molar-refractivity contribution < 1.29 is 9.90 Å². The molecule has 90 valence electrons. The first kappa shape index (κ1) is 11.7. The monoisotopic (exact) mass is 232 g/mol. The summed E-state index contributed by atoms with van der Waals surface area (Å²) in [5, 5.41) is 9.89. The van der Waals surface area contributed by atoms with Gasteiger partial charge in [-0.15, -0.1) is 0 Å². The van der Waals surface area contributed by atoms with Gasteiger partial charge in [-0.1, -0.05) is 12.1 Å². The molecule has 0 saturated heterocycles. The lowest BCUT2D eigenvalue weighted by Gasteiger charge is -2.02. The Morgan fingerprint density at radius 2 is 2.24 bits per heavy atom. The largest absolute Gasteiger partial charge is 0.481 e. The van der Waals surface area contributed by atoms with Gasteiger partial charge in [0.05, 0.1) is 6.42 Å².